The molecule has 3 rings (SSSR count). The van der Waals surface area contributed by atoms with Crippen molar-refractivity contribution < 1.29 is 38.6 Å². The molecular formula is C28H36N6O8. The number of anilines is 1. The molecular weight excluding hydrogens is 548 g/mol. The van der Waals surface area contributed by atoms with Crippen LogP contribution in [0.3, 0.4) is 0 Å². The fourth-order valence-corrected chi connectivity index (χ4v) is 4.20. The Balaban J connectivity index is 1.78. The number of carboxylic acid groups (broad SMARTS) is 1. The lowest BCUT2D eigenvalue weighted by Gasteiger charge is -2.35. The SMILES string of the molecule is CCOC(=O)CCNc1cc(C(=O)N[C@@H](CCC(=O)O)C(=O)N2CCN(C(=O)OCC)CC2)nc(-c2ccccc2)n1. The van der Waals surface area contributed by atoms with E-state index >= 15 is 0 Å². The molecule has 1 saturated heterocycles. The maximum atomic E-state index is 13.4. The number of ether oxygens (including phenoxy) is 2. The van der Waals surface area contributed by atoms with E-state index in [0.29, 0.717) is 5.56 Å². The first kappa shape index (κ1) is 31.8. The van der Waals surface area contributed by atoms with Gasteiger partial charge in [-0.2, -0.15) is 0 Å². The van der Waals surface area contributed by atoms with E-state index in [1.807, 2.05) is 6.07 Å². The van der Waals surface area contributed by atoms with Crippen molar-refractivity contribution in [1.29, 1.82) is 0 Å². The Morgan fingerprint density at radius 2 is 1.60 bits per heavy atom. The van der Waals surface area contributed by atoms with Crippen LogP contribution in [-0.2, 0) is 23.9 Å². The number of hydrogen-bond acceptors (Lipinski definition) is 10. The number of esters is 1. The lowest BCUT2D eigenvalue weighted by molar-refractivity contribution is -0.143. The van der Waals surface area contributed by atoms with Crippen LogP contribution in [0.1, 0.15) is 43.6 Å². The summed E-state index contributed by atoms with van der Waals surface area (Å²) in [6, 6.07) is 9.21. The fraction of sp³-hybridized carbons (Fsp3) is 0.464. The number of nitrogens with zero attached hydrogens (tertiary/aromatic N) is 4. The zero-order valence-electron chi connectivity index (χ0n) is 23.7. The molecule has 0 aliphatic carbocycles. The molecule has 1 aliphatic rings. The van der Waals surface area contributed by atoms with E-state index in [0.717, 1.165) is 0 Å². The van der Waals surface area contributed by atoms with Gasteiger partial charge in [0.25, 0.3) is 5.91 Å². The van der Waals surface area contributed by atoms with E-state index in [-0.39, 0.29) is 88.5 Å². The van der Waals surface area contributed by atoms with Crippen molar-refractivity contribution in [2.75, 3.05) is 51.3 Å². The molecule has 226 valence electrons. The molecule has 14 nitrogen and oxygen atoms in total. The Kier molecular flexibility index (Phi) is 12.0. The number of hydrogen-bond donors (Lipinski definition) is 3. The molecule has 2 heterocycles. The average Bonchev–Trinajstić information content (AvgIpc) is 2.99. The van der Waals surface area contributed by atoms with Gasteiger partial charge >= 0.3 is 18.0 Å². The van der Waals surface area contributed by atoms with Crippen molar-refractivity contribution in [3.63, 3.8) is 0 Å². The number of aliphatic carboxylic acids is 1. The molecule has 1 aliphatic heterocycles. The number of amides is 3. The van der Waals surface area contributed by atoms with Gasteiger partial charge in [0.05, 0.1) is 19.6 Å². The van der Waals surface area contributed by atoms with Crippen LogP contribution < -0.4 is 10.6 Å². The van der Waals surface area contributed by atoms with Gasteiger partial charge in [-0.25, -0.2) is 14.8 Å². The van der Waals surface area contributed by atoms with Crippen LogP contribution in [0.15, 0.2) is 36.4 Å². The summed E-state index contributed by atoms with van der Waals surface area (Å²) in [6.45, 7) is 5.02. The van der Waals surface area contributed by atoms with Crippen molar-refractivity contribution in [1.82, 2.24) is 25.1 Å². The van der Waals surface area contributed by atoms with E-state index in [4.69, 9.17) is 9.47 Å². The van der Waals surface area contributed by atoms with Gasteiger partial charge in [0.15, 0.2) is 5.82 Å². The molecule has 42 heavy (non-hydrogen) atoms. The second kappa shape index (κ2) is 15.9. The Hall–Kier alpha value is -4.75. The summed E-state index contributed by atoms with van der Waals surface area (Å²) in [5, 5.41) is 14.9. The van der Waals surface area contributed by atoms with Gasteiger partial charge in [0.2, 0.25) is 5.91 Å². The van der Waals surface area contributed by atoms with Gasteiger partial charge in [-0.3, -0.25) is 19.2 Å². The maximum Gasteiger partial charge on any atom is 0.409 e. The van der Waals surface area contributed by atoms with Crippen LogP contribution in [0.2, 0.25) is 0 Å². The van der Waals surface area contributed by atoms with Crippen LogP contribution in [0.4, 0.5) is 10.6 Å². The quantitative estimate of drug-likeness (QED) is 0.292. The first-order chi connectivity index (χ1) is 20.2. The second-order valence-corrected chi connectivity index (χ2v) is 9.28. The predicted molar refractivity (Wildman–Crippen MR) is 151 cm³/mol. The Morgan fingerprint density at radius 3 is 2.24 bits per heavy atom. The Bertz CT molecular complexity index is 1250. The highest BCUT2D eigenvalue weighted by Gasteiger charge is 2.31. The minimum absolute atomic E-state index is 0.0530. The van der Waals surface area contributed by atoms with E-state index in [2.05, 4.69) is 20.6 Å². The molecule has 1 aromatic heterocycles. The average molecular weight is 585 g/mol. The summed E-state index contributed by atoms with van der Waals surface area (Å²) in [4.78, 5) is 73.7. The summed E-state index contributed by atoms with van der Waals surface area (Å²) in [7, 11) is 0. The third kappa shape index (κ3) is 9.42. The third-order valence-electron chi connectivity index (χ3n) is 6.30. The summed E-state index contributed by atoms with van der Waals surface area (Å²) >= 11 is 0. The highest BCUT2D eigenvalue weighted by molar-refractivity contribution is 5.97. The number of rotatable bonds is 13. The fourth-order valence-electron chi connectivity index (χ4n) is 4.20. The Morgan fingerprint density at radius 1 is 0.929 bits per heavy atom. The van der Waals surface area contributed by atoms with Crippen molar-refractivity contribution in [2.45, 2.75) is 39.2 Å². The van der Waals surface area contributed by atoms with Gasteiger partial charge in [-0.05, 0) is 20.3 Å². The molecule has 3 N–H and O–H groups in total. The molecule has 0 unspecified atom stereocenters. The van der Waals surface area contributed by atoms with Gasteiger partial charge in [-0.15, -0.1) is 0 Å². The molecule has 0 radical (unpaired) electrons. The Labute approximate surface area is 243 Å². The van der Waals surface area contributed by atoms with Crippen LogP contribution in [0.25, 0.3) is 11.4 Å². The van der Waals surface area contributed by atoms with Crippen LogP contribution >= 0.6 is 0 Å². The number of carbonyl (C=O) groups excluding carboxylic acids is 4. The number of nitrogens with one attached hydrogen (secondary N) is 2. The first-order valence-corrected chi connectivity index (χ1v) is 13.8. The number of carboxylic acids is 1. The van der Waals surface area contributed by atoms with Crippen LogP contribution in [0, 0.1) is 0 Å². The number of benzene rings is 1. The second-order valence-electron chi connectivity index (χ2n) is 9.28. The molecule has 2 aromatic rings. The zero-order valence-corrected chi connectivity index (χ0v) is 23.7. The van der Waals surface area contributed by atoms with E-state index in [1.165, 1.54) is 15.9 Å². The van der Waals surface area contributed by atoms with Crippen molar-refractivity contribution >= 4 is 35.7 Å². The molecule has 1 fully saturated rings. The number of carbonyl (C=O) groups is 5. The number of aromatic nitrogens is 2. The molecule has 0 saturated carbocycles. The molecule has 1 aromatic carbocycles. The van der Waals surface area contributed by atoms with Gasteiger partial charge < -0.3 is 35.0 Å². The lowest BCUT2D eigenvalue weighted by Crippen LogP contribution is -2.56. The molecule has 0 bridgehead atoms. The molecule has 1 atom stereocenters. The van der Waals surface area contributed by atoms with E-state index in [1.54, 1.807) is 38.1 Å². The highest BCUT2D eigenvalue weighted by atomic mass is 16.6. The first-order valence-electron chi connectivity index (χ1n) is 13.8. The summed E-state index contributed by atoms with van der Waals surface area (Å²) in [5.41, 5.74) is 0.585. The van der Waals surface area contributed by atoms with E-state index in [9.17, 15) is 29.1 Å². The van der Waals surface area contributed by atoms with Gasteiger partial charge in [0, 0.05) is 50.8 Å². The van der Waals surface area contributed by atoms with Gasteiger partial charge in [0.1, 0.15) is 17.6 Å². The van der Waals surface area contributed by atoms with Crippen molar-refractivity contribution in [3.05, 3.63) is 42.1 Å². The van der Waals surface area contributed by atoms with Crippen LogP contribution in [0.5, 0.6) is 0 Å². The van der Waals surface area contributed by atoms with Crippen molar-refractivity contribution in [2.24, 2.45) is 0 Å². The summed E-state index contributed by atoms with van der Waals surface area (Å²) in [6.07, 6.45) is -0.877. The minimum Gasteiger partial charge on any atom is -0.481 e. The summed E-state index contributed by atoms with van der Waals surface area (Å²) in [5.74, 6) is -2.14. The van der Waals surface area contributed by atoms with Gasteiger partial charge in [-0.1, -0.05) is 30.3 Å². The predicted octanol–water partition coefficient (Wildman–Crippen LogP) is 1.77. The minimum atomic E-state index is -1.14. The topological polar surface area (TPSA) is 180 Å². The molecule has 0 spiro atoms. The summed E-state index contributed by atoms with van der Waals surface area (Å²) < 4.78 is 9.95. The maximum absolute atomic E-state index is 13.4. The normalized spacial score (nSPS) is 13.6. The number of piperazine rings is 1. The molecule has 3 amide bonds. The van der Waals surface area contributed by atoms with Crippen molar-refractivity contribution in [3.8, 4) is 11.4 Å². The lowest BCUT2D eigenvalue weighted by atomic mass is 10.1. The van der Waals surface area contributed by atoms with Crippen LogP contribution in [-0.4, -0.2) is 107 Å². The standard InChI is InChI=1S/C28H36N6O8/c1-3-41-24(37)12-13-29-22-18-21(30-25(32-22)19-8-6-5-7-9-19)26(38)31-20(10-11-23(35)36)27(39)33-14-16-34(17-15-33)28(40)42-4-2/h5-9,18,20H,3-4,10-17H2,1-2H3,(H,31,38)(H,35,36)(H,29,30,32)/t20-/m0/s1. The highest BCUT2D eigenvalue weighted by Crippen LogP contribution is 2.19. The third-order valence-corrected chi connectivity index (χ3v) is 6.30. The largest absolute Gasteiger partial charge is 0.481 e. The zero-order chi connectivity index (χ0) is 30.5. The molecule has 14 heteroatoms. The smallest absolute Gasteiger partial charge is 0.409 e. The van der Waals surface area contributed by atoms with E-state index < -0.39 is 29.9 Å². The monoisotopic (exact) mass is 584 g/mol.